The number of hydrogen-bond donors (Lipinski definition) is 3. The number of halogens is 2. The minimum atomic E-state index is -0.404. The van der Waals surface area contributed by atoms with Crippen molar-refractivity contribution in [2.45, 2.75) is 19.9 Å². The maximum atomic E-state index is 13.3. The average molecular weight is 544 g/mol. The Morgan fingerprint density at radius 2 is 1.90 bits per heavy atom. The van der Waals surface area contributed by atoms with Gasteiger partial charge in [0.15, 0.2) is 5.96 Å². The van der Waals surface area contributed by atoms with Crippen molar-refractivity contribution in [2.75, 3.05) is 38.7 Å². The predicted octanol–water partition coefficient (Wildman–Crippen LogP) is 3.55. The monoisotopic (exact) mass is 544 g/mol. The van der Waals surface area contributed by atoms with Crippen LogP contribution in [0.15, 0.2) is 53.5 Å². The van der Waals surface area contributed by atoms with Crippen LogP contribution in [0.1, 0.15) is 18.9 Å². The first-order valence-corrected chi connectivity index (χ1v) is 9.89. The Bertz CT molecular complexity index is 819. The Morgan fingerprint density at radius 3 is 2.58 bits per heavy atom. The molecule has 1 amide bonds. The van der Waals surface area contributed by atoms with Gasteiger partial charge in [-0.05, 0) is 49.2 Å². The van der Waals surface area contributed by atoms with E-state index in [1.807, 2.05) is 31.2 Å². The zero-order chi connectivity index (χ0) is 21.6. The molecule has 2 rings (SSSR count). The summed E-state index contributed by atoms with van der Waals surface area (Å²) in [4.78, 5) is 16.7. The van der Waals surface area contributed by atoms with Crippen LogP contribution in [0.5, 0.6) is 5.75 Å². The number of nitrogens with zero attached hydrogens (tertiary/aromatic N) is 1. The molecule has 31 heavy (non-hydrogen) atoms. The molecular formula is C22H30FIN4O3. The molecular weight excluding hydrogens is 514 g/mol. The van der Waals surface area contributed by atoms with Crippen LogP contribution in [-0.4, -0.2) is 45.3 Å². The van der Waals surface area contributed by atoms with Crippen molar-refractivity contribution in [3.63, 3.8) is 0 Å². The third-order valence-corrected chi connectivity index (χ3v) is 4.07. The van der Waals surface area contributed by atoms with Crippen molar-refractivity contribution in [3.8, 4) is 5.75 Å². The zero-order valence-electron chi connectivity index (χ0n) is 17.8. The number of aliphatic imine (C=N–C) groups is 1. The summed E-state index contributed by atoms with van der Waals surface area (Å²) in [6.07, 6.45) is 0.812. The number of carbonyl (C=O) groups is 1. The fourth-order valence-electron chi connectivity index (χ4n) is 2.54. The zero-order valence-corrected chi connectivity index (χ0v) is 20.1. The molecule has 0 saturated carbocycles. The summed E-state index contributed by atoms with van der Waals surface area (Å²) < 4.78 is 23.7. The number of amides is 1. The van der Waals surface area contributed by atoms with Gasteiger partial charge in [-0.2, -0.15) is 0 Å². The highest BCUT2D eigenvalue weighted by atomic mass is 127. The summed E-state index contributed by atoms with van der Waals surface area (Å²) in [6, 6.07) is 13.4. The molecule has 0 spiro atoms. The molecule has 0 aliphatic carbocycles. The minimum absolute atomic E-state index is 0. The van der Waals surface area contributed by atoms with E-state index in [0.717, 1.165) is 17.7 Å². The Balaban J connectivity index is 0.00000480. The number of nitrogens with one attached hydrogen (secondary N) is 3. The summed E-state index contributed by atoms with van der Waals surface area (Å²) in [7, 11) is 1.62. The summed E-state index contributed by atoms with van der Waals surface area (Å²) in [5, 5.41) is 8.85. The van der Waals surface area contributed by atoms with Crippen molar-refractivity contribution in [3.05, 3.63) is 59.9 Å². The first kappa shape index (κ1) is 26.6. The standard InChI is InChI=1S/C22H29FN4O3.HI/c1-3-30-13-5-12-24-22(25-15-17-8-10-20(29-2)11-9-17)26-16-21(28)27-19-7-4-6-18(23)14-19;/h4,6-11,14H,3,5,12-13,15-16H2,1-2H3,(H,27,28)(H2,24,25,26);1H. The quantitative estimate of drug-likeness (QED) is 0.175. The maximum absolute atomic E-state index is 13.3. The van der Waals surface area contributed by atoms with Crippen molar-refractivity contribution >= 4 is 41.5 Å². The van der Waals surface area contributed by atoms with E-state index < -0.39 is 5.82 Å². The summed E-state index contributed by atoms with van der Waals surface area (Å²) in [6.45, 7) is 4.37. The van der Waals surface area contributed by atoms with E-state index in [1.54, 1.807) is 19.2 Å². The van der Waals surface area contributed by atoms with Gasteiger partial charge in [-0.15, -0.1) is 24.0 Å². The molecule has 9 heteroatoms. The number of methoxy groups -OCH3 is 1. The van der Waals surface area contributed by atoms with Gasteiger partial charge in [-0.3, -0.25) is 4.79 Å². The molecule has 0 atom stereocenters. The molecule has 0 radical (unpaired) electrons. The van der Waals surface area contributed by atoms with Gasteiger partial charge in [0.2, 0.25) is 5.91 Å². The number of rotatable bonds is 11. The normalized spacial score (nSPS) is 10.7. The Kier molecular flexibility index (Phi) is 13.2. The van der Waals surface area contributed by atoms with Gasteiger partial charge in [0, 0.05) is 25.4 Å². The van der Waals surface area contributed by atoms with Crippen molar-refractivity contribution in [1.29, 1.82) is 0 Å². The first-order chi connectivity index (χ1) is 14.6. The molecule has 0 heterocycles. The van der Waals surface area contributed by atoms with Gasteiger partial charge in [0.25, 0.3) is 0 Å². The molecule has 3 N–H and O–H groups in total. The second-order valence-electron chi connectivity index (χ2n) is 6.40. The van der Waals surface area contributed by atoms with Crippen LogP contribution in [0.4, 0.5) is 10.1 Å². The number of carbonyl (C=O) groups excluding carboxylic acids is 1. The van der Waals surface area contributed by atoms with Crippen molar-refractivity contribution < 1.29 is 18.7 Å². The largest absolute Gasteiger partial charge is 0.497 e. The van der Waals surface area contributed by atoms with Crippen LogP contribution in [0, 0.1) is 5.82 Å². The number of hydrogen-bond acceptors (Lipinski definition) is 4. The number of ether oxygens (including phenoxy) is 2. The SMILES string of the molecule is CCOCCCNC(=NCc1ccc(OC)cc1)NCC(=O)Nc1cccc(F)c1.I. The lowest BCUT2D eigenvalue weighted by atomic mass is 10.2. The van der Waals surface area contributed by atoms with Gasteiger partial charge in [0.05, 0.1) is 20.2 Å². The molecule has 0 saturated heterocycles. The van der Waals surface area contributed by atoms with Crippen molar-refractivity contribution in [1.82, 2.24) is 10.6 Å². The Hall–Kier alpha value is -2.40. The molecule has 0 aromatic heterocycles. The maximum Gasteiger partial charge on any atom is 0.243 e. The van der Waals surface area contributed by atoms with E-state index in [0.29, 0.717) is 38.0 Å². The highest BCUT2D eigenvalue weighted by Crippen LogP contribution is 2.12. The summed E-state index contributed by atoms with van der Waals surface area (Å²) in [5.41, 5.74) is 1.42. The lowest BCUT2D eigenvalue weighted by molar-refractivity contribution is -0.115. The first-order valence-electron chi connectivity index (χ1n) is 9.89. The van der Waals surface area contributed by atoms with E-state index in [1.165, 1.54) is 12.1 Å². The molecule has 0 bridgehead atoms. The molecule has 7 nitrogen and oxygen atoms in total. The average Bonchev–Trinajstić information content (AvgIpc) is 2.75. The van der Waals surface area contributed by atoms with Crippen LogP contribution < -0.4 is 20.7 Å². The summed E-state index contributed by atoms with van der Waals surface area (Å²) in [5.74, 6) is 0.591. The fraction of sp³-hybridized carbons (Fsp3) is 0.364. The minimum Gasteiger partial charge on any atom is -0.497 e. The second-order valence-corrected chi connectivity index (χ2v) is 6.40. The van der Waals surface area contributed by atoms with Crippen LogP contribution in [0.25, 0.3) is 0 Å². The van der Waals surface area contributed by atoms with Crippen LogP contribution >= 0.6 is 24.0 Å². The predicted molar refractivity (Wildman–Crippen MR) is 132 cm³/mol. The molecule has 0 unspecified atom stereocenters. The lowest BCUT2D eigenvalue weighted by Crippen LogP contribution is -2.42. The Labute approximate surface area is 199 Å². The molecule has 0 aliphatic rings. The van der Waals surface area contributed by atoms with Gasteiger partial charge in [-0.1, -0.05) is 18.2 Å². The van der Waals surface area contributed by atoms with E-state index in [2.05, 4.69) is 20.9 Å². The third kappa shape index (κ3) is 11.0. The Morgan fingerprint density at radius 1 is 1.13 bits per heavy atom. The van der Waals surface area contributed by atoms with Gasteiger partial charge in [0.1, 0.15) is 11.6 Å². The van der Waals surface area contributed by atoms with E-state index in [9.17, 15) is 9.18 Å². The highest BCUT2D eigenvalue weighted by molar-refractivity contribution is 14.0. The van der Waals surface area contributed by atoms with E-state index in [4.69, 9.17) is 9.47 Å². The third-order valence-electron chi connectivity index (χ3n) is 4.07. The van der Waals surface area contributed by atoms with E-state index >= 15 is 0 Å². The molecule has 0 fully saturated rings. The van der Waals surface area contributed by atoms with Crippen LogP contribution in [0.3, 0.4) is 0 Å². The van der Waals surface area contributed by atoms with Crippen LogP contribution in [-0.2, 0) is 16.1 Å². The van der Waals surface area contributed by atoms with Gasteiger partial charge < -0.3 is 25.4 Å². The topological polar surface area (TPSA) is 84.0 Å². The van der Waals surface area contributed by atoms with Gasteiger partial charge >= 0.3 is 0 Å². The number of guanidine groups is 1. The van der Waals surface area contributed by atoms with Crippen LogP contribution in [0.2, 0.25) is 0 Å². The molecule has 170 valence electrons. The highest BCUT2D eigenvalue weighted by Gasteiger charge is 2.06. The number of anilines is 1. The smallest absolute Gasteiger partial charge is 0.243 e. The molecule has 2 aromatic rings. The van der Waals surface area contributed by atoms with Gasteiger partial charge in [-0.25, -0.2) is 9.38 Å². The fourth-order valence-corrected chi connectivity index (χ4v) is 2.54. The van der Waals surface area contributed by atoms with E-state index in [-0.39, 0.29) is 36.4 Å². The molecule has 0 aliphatic heterocycles. The molecule has 2 aromatic carbocycles. The van der Waals surface area contributed by atoms with Crippen molar-refractivity contribution in [2.24, 2.45) is 4.99 Å². The second kappa shape index (κ2) is 15.4. The lowest BCUT2D eigenvalue weighted by Gasteiger charge is -2.13. The number of benzene rings is 2. The summed E-state index contributed by atoms with van der Waals surface area (Å²) >= 11 is 0.